The van der Waals surface area contributed by atoms with Crippen molar-refractivity contribution in [1.82, 2.24) is 4.98 Å². The molecule has 82 valence electrons. The molecule has 3 heteroatoms. The van der Waals surface area contributed by atoms with Crippen LogP contribution in [0.1, 0.15) is 37.1 Å². The van der Waals surface area contributed by atoms with Crippen LogP contribution in [0.4, 0.5) is 0 Å². The van der Waals surface area contributed by atoms with Crippen LogP contribution >= 0.6 is 23.2 Å². The summed E-state index contributed by atoms with van der Waals surface area (Å²) in [5, 5.41) is 1.15. The third kappa shape index (κ3) is 2.14. The summed E-state index contributed by atoms with van der Waals surface area (Å²) in [7, 11) is 0. The highest BCUT2D eigenvalue weighted by Gasteiger charge is 2.21. The summed E-state index contributed by atoms with van der Waals surface area (Å²) < 4.78 is 0. The van der Waals surface area contributed by atoms with Crippen molar-refractivity contribution in [2.45, 2.75) is 39.5 Å². The van der Waals surface area contributed by atoms with Crippen LogP contribution in [-0.4, -0.2) is 4.98 Å². The van der Waals surface area contributed by atoms with Gasteiger partial charge in [0.15, 0.2) is 0 Å². The van der Waals surface area contributed by atoms with Crippen molar-refractivity contribution >= 4 is 23.2 Å². The lowest BCUT2D eigenvalue weighted by atomic mass is 9.98. The SMILES string of the molecule is CC(C)Cc1c(Cl)c(Cl)nc2c1CCC2. The molecule has 1 aromatic rings. The molecule has 1 aliphatic rings. The van der Waals surface area contributed by atoms with Crippen molar-refractivity contribution in [3.8, 4) is 0 Å². The van der Waals surface area contributed by atoms with E-state index in [2.05, 4.69) is 18.8 Å². The van der Waals surface area contributed by atoms with Gasteiger partial charge in [0.2, 0.25) is 0 Å². The van der Waals surface area contributed by atoms with Crippen LogP contribution < -0.4 is 0 Å². The standard InChI is InChI=1S/C12H15Cl2N/c1-7(2)6-9-8-4-3-5-10(8)15-12(14)11(9)13/h7H,3-6H2,1-2H3. The Morgan fingerprint density at radius 3 is 2.67 bits per heavy atom. The second-order valence-electron chi connectivity index (χ2n) is 4.57. The van der Waals surface area contributed by atoms with Gasteiger partial charge in [0, 0.05) is 5.69 Å². The van der Waals surface area contributed by atoms with Crippen molar-refractivity contribution in [3.63, 3.8) is 0 Å². The van der Waals surface area contributed by atoms with Gasteiger partial charge in [-0.05, 0) is 42.7 Å². The number of hydrogen-bond acceptors (Lipinski definition) is 1. The highest BCUT2D eigenvalue weighted by Crippen LogP contribution is 2.34. The maximum absolute atomic E-state index is 6.23. The summed E-state index contributed by atoms with van der Waals surface area (Å²) in [5.74, 6) is 0.602. The minimum Gasteiger partial charge on any atom is -0.239 e. The molecule has 0 saturated carbocycles. The molecule has 0 bridgehead atoms. The summed E-state index contributed by atoms with van der Waals surface area (Å²) >= 11 is 12.3. The first-order valence-corrected chi connectivity index (χ1v) is 6.20. The van der Waals surface area contributed by atoms with Gasteiger partial charge in [-0.2, -0.15) is 0 Å². The maximum atomic E-state index is 6.23. The van der Waals surface area contributed by atoms with Crippen molar-refractivity contribution in [1.29, 1.82) is 0 Å². The lowest BCUT2D eigenvalue weighted by Gasteiger charge is -2.13. The largest absolute Gasteiger partial charge is 0.239 e. The van der Waals surface area contributed by atoms with Gasteiger partial charge in [-0.3, -0.25) is 0 Å². The molecule has 0 aliphatic heterocycles. The van der Waals surface area contributed by atoms with Crippen LogP contribution in [0.25, 0.3) is 0 Å². The zero-order valence-electron chi connectivity index (χ0n) is 9.11. The number of aryl methyl sites for hydroxylation is 1. The predicted octanol–water partition coefficient (Wildman–Crippen LogP) is 4.08. The average molecular weight is 244 g/mol. The Bertz CT molecular complexity index is 386. The number of rotatable bonds is 2. The molecule has 1 heterocycles. The first kappa shape index (κ1) is 11.2. The molecule has 0 saturated heterocycles. The van der Waals surface area contributed by atoms with Crippen LogP contribution in [0, 0.1) is 5.92 Å². The summed E-state index contributed by atoms with van der Waals surface area (Å²) in [6.07, 6.45) is 4.35. The average Bonchev–Trinajstić information content (AvgIpc) is 2.59. The smallest absolute Gasteiger partial charge is 0.148 e. The van der Waals surface area contributed by atoms with Crippen LogP contribution in [0.2, 0.25) is 10.2 Å². The molecule has 1 nitrogen and oxygen atoms in total. The first-order valence-electron chi connectivity index (χ1n) is 5.45. The summed E-state index contributed by atoms with van der Waals surface area (Å²) in [5.41, 5.74) is 3.76. The van der Waals surface area contributed by atoms with Crippen molar-refractivity contribution in [2.75, 3.05) is 0 Å². The molecule has 0 spiro atoms. The Morgan fingerprint density at radius 2 is 2.00 bits per heavy atom. The van der Waals surface area contributed by atoms with Crippen molar-refractivity contribution in [3.05, 3.63) is 27.0 Å². The van der Waals surface area contributed by atoms with E-state index in [4.69, 9.17) is 23.2 Å². The third-order valence-electron chi connectivity index (χ3n) is 2.84. The Hall–Kier alpha value is -0.270. The van der Waals surface area contributed by atoms with Gasteiger partial charge >= 0.3 is 0 Å². The minimum atomic E-state index is 0.480. The topological polar surface area (TPSA) is 12.9 Å². The van der Waals surface area contributed by atoms with E-state index in [-0.39, 0.29) is 0 Å². The van der Waals surface area contributed by atoms with Gasteiger partial charge in [0.1, 0.15) is 5.15 Å². The number of aromatic nitrogens is 1. The molecule has 0 unspecified atom stereocenters. The molecular weight excluding hydrogens is 229 g/mol. The van der Waals surface area contributed by atoms with Crippen molar-refractivity contribution < 1.29 is 0 Å². The Kier molecular flexibility index (Phi) is 3.22. The fourth-order valence-corrected chi connectivity index (χ4v) is 2.67. The summed E-state index contributed by atoms with van der Waals surface area (Å²) in [4.78, 5) is 4.35. The molecule has 2 rings (SSSR count). The van der Waals surface area contributed by atoms with E-state index in [1.807, 2.05) is 0 Å². The van der Waals surface area contributed by atoms with E-state index < -0.39 is 0 Å². The zero-order chi connectivity index (χ0) is 11.0. The van der Waals surface area contributed by atoms with Gasteiger partial charge in [-0.1, -0.05) is 37.0 Å². The second-order valence-corrected chi connectivity index (χ2v) is 5.31. The number of fused-ring (bicyclic) bond motifs is 1. The Labute approximate surface area is 101 Å². The highest BCUT2D eigenvalue weighted by atomic mass is 35.5. The van der Waals surface area contributed by atoms with Crippen molar-refractivity contribution in [2.24, 2.45) is 5.92 Å². The van der Waals surface area contributed by atoms with Crippen LogP contribution in [0.15, 0.2) is 0 Å². The highest BCUT2D eigenvalue weighted by molar-refractivity contribution is 6.41. The lowest BCUT2D eigenvalue weighted by molar-refractivity contribution is 0.643. The van der Waals surface area contributed by atoms with E-state index in [0.29, 0.717) is 16.1 Å². The molecule has 0 fully saturated rings. The van der Waals surface area contributed by atoms with E-state index in [1.54, 1.807) is 0 Å². The van der Waals surface area contributed by atoms with E-state index in [9.17, 15) is 0 Å². The van der Waals surface area contributed by atoms with Gasteiger partial charge in [-0.25, -0.2) is 4.98 Å². The maximum Gasteiger partial charge on any atom is 0.148 e. The molecule has 0 N–H and O–H groups in total. The number of hydrogen-bond donors (Lipinski definition) is 0. The molecule has 0 amide bonds. The fraction of sp³-hybridized carbons (Fsp3) is 0.583. The Balaban J connectivity index is 2.50. The summed E-state index contributed by atoms with van der Waals surface area (Å²) in [6.45, 7) is 4.40. The zero-order valence-corrected chi connectivity index (χ0v) is 10.6. The van der Waals surface area contributed by atoms with E-state index >= 15 is 0 Å². The molecule has 15 heavy (non-hydrogen) atoms. The second kappa shape index (κ2) is 4.31. The number of pyridine rings is 1. The molecule has 0 atom stereocenters. The van der Waals surface area contributed by atoms with Gasteiger partial charge < -0.3 is 0 Å². The Morgan fingerprint density at radius 1 is 1.27 bits per heavy atom. The van der Waals surface area contributed by atoms with Gasteiger partial charge in [0.05, 0.1) is 5.02 Å². The van der Waals surface area contributed by atoms with Gasteiger partial charge in [0.25, 0.3) is 0 Å². The normalized spacial score (nSPS) is 14.7. The van der Waals surface area contributed by atoms with Crippen LogP contribution in [0.5, 0.6) is 0 Å². The van der Waals surface area contributed by atoms with E-state index in [0.717, 1.165) is 19.3 Å². The molecule has 0 aromatic carbocycles. The minimum absolute atomic E-state index is 0.480. The molecular formula is C12H15Cl2N. The predicted molar refractivity (Wildman–Crippen MR) is 64.8 cm³/mol. The lowest BCUT2D eigenvalue weighted by Crippen LogP contribution is -2.03. The van der Waals surface area contributed by atoms with Crippen LogP contribution in [-0.2, 0) is 19.3 Å². The molecule has 1 aromatic heterocycles. The third-order valence-corrected chi connectivity index (χ3v) is 3.62. The quantitative estimate of drug-likeness (QED) is 0.714. The molecule has 0 radical (unpaired) electrons. The summed E-state index contributed by atoms with van der Waals surface area (Å²) in [6, 6.07) is 0. The first-order chi connectivity index (χ1) is 7.09. The van der Waals surface area contributed by atoms with Crippen LogP contribution in [0.3, 0.4) is 0 Å². The monoisotopic (exact) mass is 243 g/mol. The van der Waals surface area contributed by atoms with E-state index in [1.165, 1.54) is 23.2 Å². The molecule has 1 aliphatic carbocycles. The number of halogens is 2. The fourth-order valence-electron chi connectivity index (χ4n) is 2.22. The van der Waals surface area contributed by atoms with Gasteiger partial charge in [-0.15, -0.1) is 0 Å². The number of nitrogens with zero attached hydrogens (tertiary/aromatic N) is 1.